The van der Waals surface area contributed by atoms with E-state index in [1.807, 2.05) is 24.3 Å². The molecule has 1 aliphatic rings. The van der Waals surface area contributed by atoms with Crippen molar-refractivity contribution in [2.24, 2.45) is 5.92 Å². The quantitative estimate of drug-likeness (QED) is 0.667. The van der Waals surface area contributed by atoms with Crippen LogP contribution in [0.2, 0.25) is 0 Å². The van der Waals surface area contributed by atoms with E-state index >= 15 is 0 Å². The molecule has 2 rings (SSSR count). The van der Waals surface area contributed by atoms with Crippen LogP contribution in [-0.2, 0) is 14.3 Å². The van der Waals surface area contributed by atoms with Crippen molar-refractivity contribution in [1.82, 2.24) is 0 Å². The van der Waals surface area contributed by atoms with Crippen LogP contribution in [0.3, 0.4) is 0 Å². The average Bonchev–Trinajstić information content (AvgIpc) is 2.47. The predicted molar refractivity (Wildman–Crippen MR) is 72.5 cm³/mol. The minimum Gasteiger partial charge on any atom is -0.455 e. The van der Waals surface area contributed by atoms with E-state index < -0.39 is 0 Å². The van der Waals surface area contributed by atoms with Gasteiger partial charge in [-0.05, 0) is 31.4 Å². The highest BCUT2D eigenvalue weighted by molar-refractivity contribution is 5.92. The Kier molecular flexibility index (Phi) is 4.72. The number of esters is 1. The Labute approximate surface area is 112 Å². The summed E-state index contributed by atoms with van der Waals surface area (Å²) in [6, 6.07) is 9.09. The second kappa shape index (κ2) is 6.73. The summed E-state index contributed by atoms with van der Waals surface area (Å²) in [4.78, 5) is 23.3. The standard InChI is InChI=1S/C15H17NO3/c17-14(16-13-9-5-2-6-10-13)11-19-15(18)12-7-3-1-4-8-12/h1-3,5-6,9-10,12H,4,7-8,11H2,(H,16,17)/t12-/m1/s1. The van der Waals surface area contributed by atoms with Gasteiger partial charge in [0.25, 0.3) is 5.91 Å². The monoisotopic (exact) mass is 259 g/mol. The third kappa shape index (κ3) is 4.25. The Morgan fingerprint density at radius 3 is 2.68 bits per heavy atom. The van der Waals surface area contributed by atoms with Crippen molar-refractivity contribution in [3.8, 4) is 0 Å². The summed E-state index contributed by atoms with van der Waals surface area (Å²) < 4.78 is 5.03. The number of benzene rings is 1. The molecule has 0 unspecified atom stereocenters. The summed E-state index contributed by atoms with van der Waals surface area (Å²) in [6.07, 6.45) is 6.45. The molecule has 0 aromatic heterocycles. The molecule has 4 heteroatoms. The summed E-state index contributed by atoms with van der Waals surface area (Å²) in [7, 11) is 0. The first-order chi connectivity index (χ1) is 9.25. The van der Waals surface area contributed by atoms with Crippen LogP contribution < -0.4 is 5.32 Å². The van der Waals surface area contributed by atoms with Gasteiger partial charge >= 0.3 is 5.97 Å². The van der Waals surface area contributed by atoms with Gasteiger partial charge in [-0.2, -0.15) is 0 Å². The molecule has 0 bridgehead atoms. The summed E-state index contributed by atoms with van der Waals surface area (Å²) in [6.45, 7) is -0.228. The van der Waals surface area contributed by atoms with Crippen LogP contribution in [0.1, 0.15) is 19.3 Å². The molecule has 0 radical (unpaired) electrons. The summed E-state index contributed by atoms with van der Waals surface area (Å²) in [5, 5.41) is 2.67. The van der Waals surface area contributed by atoms with Crippen molar-refractivity contribution >= 4 is 17.6 Å². The van der Waals surface area contributed by atoms with Crippen LogP contribution in [0.4, 0.5) is 5.69 Å². The van der Waals surface area contributed by atoms with Crippen molar-refractivity contribution < 1.29 is 14.3 Å². The highest BCUT2D eigenvalue weighted by Crippen LogP contribution is 2.19. The lowest BCUT2D eigenvalue weighted by molar-refractivity contribution is -0.151. The number of anilines is 1. The van der Waals surface area contributed by atoms with Gasteiger partial charge < -0.3 is 10.1 Å². The molecule has 0 spiro atoms. The van der Waals surface area contributed by atoms with Crippen molar-refractivity contribution in [3.05, 3.63) is 42.5 Å². The molecule has 19 heavy (non-hydrogen) atoms. The first kappa shape index (κ1) is 13.3. The van der Waals surface area contributed by atoms with Crippen LogP contribution in [0.5, 0.6) is 0 Å². The van der Waals surface area contributed by atoms with E-state index in [1.165, 1.54) is 0 Å². The molecule has 0 saturated carbocycles. The highest BCUT2D eigenvalue weighted by atomic mass is 16.5. The lowest BCUT2D eigenvalue weighted by Crippen LogP contribution is -2.25. The number of carbonyl (C=O) groups is 2. The Bertz CT molecular complexity index is 468. The van der Waals surface area contributed by atoms with Gasteiger partial charge in [-0.1, -0.05) is 30.4 Å². The number of hydrogen-bond donors (Lipinski definition) is 1. The van der Waals surface area contributed by atoms with E-state index in [0.29, 0.717) is 12.1 Å². The van der Waals surface area contributed by atoms with Crippen LogP contribution in [0.25, 0.3) is 0 Å². The number of amides is 1. The Morgan fingerprint density at radius 2 is 2.00 bits per heavy atom. The number of rotatable bonds is 4. The molecule has 0 aliphatic heterocycles. The Balaban J connectivity index is 1.74. The first-order valence-corrected chi connectivity index (χ1v) is 6.42. The van der Waals surface area contributed by atoms with Crippen LogP contribution in [0, 0.1) is 5.92 Å². The SMILES string of the molecule is O=C(COC(=O)[C@@H]1CC=CCC1)Nc1ccccc1. The van der Waals surface area contributed by atoms with E-state index in [-0.39, 0.29) is 24.4 Å². The van der Waals surface area contributed by atoms with Crippen molar-refractivity contribution in [3.63, 3.8) is 0 Å². The van der Waals surface area contributed by atoms with E-state index in [2.05, 4.69) is 11.4 Å². The number of ether oxygens (including phenoxy) is 1. The fraction of sp³-hybridized carbons (Fsp3) is 0.333. The molecule has 1 aromatic carbocycles. The minimum atomic E-state index is -0.314. The van der Waals surface area contributed by atoms with Gasteiger partial charge in [0.1, 0.15) is 0 Å². The smallest absolute Gasteiger partial charge is 0.309 e. The molecule has 0 saturated heterocycles. The Hall–Kier alpha value is -2.10. The molecular weight excluding hydrogens is 242 g/mol. The minimum absolute atomic E-state index is 0.102. The molecule has 100 valence electrons. The van der Waals surface area contributed by atoms with Gasteiger partial charge in [0, 0.05) is 5.69 Å². The maximum Gasteiger partial charge on any atom is 0.309 e. The van der Waals surface area contributed by atoms with Gasteiger partial charge in [-0.15, -0.1) is 0 Å². The number of allylic oxidation sites excluding steroid dienone is 2. The number of nitrogens with one attached hydrogen (secondary N) is 1. The summed E-state index contributed by atoms with van der Waals surface area (Å²) in [5.74, 6) is -0.701. The molecule has 1 aliphatic carbocycles. The fourth-order valence-corrected chi connectivity index (χ4v) is 1.98. The van der Waals surface area contributed by atoms with Crippen molar-refractivity contribution in [1.29, 1.82) is 0 Å². The number of para-hydroxylation sites is 1. The van der Waals surface area contributed by atoms with E-state index in [0.717, 1.165) is 12.8 Å². The van der Waals surface area contributed by atoms with Gasteiger partial charge in [0.05, 0.1) is 5.92 Å². The maximum atomic E-state index is 11.7. The molecule has 1 aromatic rings. The second-order valence-electron chi connectivity index (χ2n) is 4.50. The van der Waals surface area contributed by atoms with E-state index in [4.69, 9.17) is 4.74 Å². The maximum absolute atomic E-state index is 11.7. The third-order valence-electron chi connectivity index (χ3n) is 3.01. The molecule has 1 atom stereocenters. The lowest BCUT2D eigenvalue weighted by Gasteiger charge is -2.16. The van der Waals surface area contributed by atoms with E-state index in [9.17, 15) is 9.59 Å². The number of hydrogen-bond acceptors (Lipinski definition) is 3. The summed E-state index contributed by atoms with van der Waals surface area (Å²) >= 11 is 0. The van der Waals surface area contributed by atoms with Crippen LogP contribution >= 0.6 is 0 Å². The van der Waals surface area contributed by atoms with Crippen molar-refractivity contribution in [2.45, 2.75) is 19.3 Å². The third-order valence-corrected chi connectivity index (χ3v) is 3.01. The molecule has 0 heterocycles. The molecule has 4 nitrogen and oxygen atoms in total. The van der Waals surface area contributed by atoms with Gasteiger partial charge in [0.2, 0.25) is 0 Å². The highest BCUT2D eigenvalue weighted by Gasteiger charge is 2.20. The zero-order chi connectivity index (χ0) is 13.5. The van der Waals surface area contributed by atoms with Gasteiger partial charge in [-0.25, -0.2) is 0 Å². The molecule has 1 N–H and O–H groups in total. The molecule has 0 fully saturated rings. The molecular formula is C15H17NO3. The normalized spacial score (nSPS) is 17.8. The zero-order valence-electron chi connectivity index (χ0n) is 10.7. The molecule has 1 amide bonds. The van der Waals surface area contributed by atoms with Crippen LogP contribution in [0.15, 0.2) is 42.5 Å². The zero-order valence-corrected chi connectivity index (χ0v) is 10.7. The topological polar surface area (TPSA) is 55.4 Å². The Morgan fingerprint density at radius 1 is 1.21 bits per heavy atom. The second-order valence-corrected chi connectivity index (χ2v) is 4.50. The first-order valence-electron chi connectivity index (χ1n) is 6.42. The fourth-order valence-electron chi connectivity index (χ4n) is 1.98. The largest absolute Gasteiger partial charge is 0.455 e. The number of carbonyl (C=O) groups excluding carboxylic acids is 2. The predicted octanol–water partition coefficient (Wildman–Crippen LogP) is 2.52. The average molecular weight is 259 g/mol. The van der Waals surface area contributed by atoms with Gasteiger partial charge in [-0.3, -0.25) is 9.59 Å². The van der Waals surface area contributed by atoms with E-state index in [1.54, 1.807) is 12.1 Å². The van der Waals surface area contributed by atoms with Crippen LogP contribution in [-0.4, -0.2) is 18.5 Å². The summed E-state index contributed by atoms with van der Waals surface area (Å²) in [5.41, 5.74) is 0.698. The van der Waals surface area contributed by atoms with Gasteiger partial charge in [0.15, 0.2) is 6.61 Å². The van der Waals surface area contributed by atoms with Crippen molar-refractivity contribution in [2.75, 3.05) is 11.9 Å². The lowest BCUT2D eigenvalue weighted by atomic mass is 9.95.